The van der Waals surface area contributed by atoms with Crippen molar-refractivity contribution >= 4 is 57.8 Å². The first-order chi connectivity index (χ1) is 26.6. The molecule has 296 valence electrons. The molecule has 3 N–H and O–H groups in total. The summed E-state index contributed by atoms with van der Waals surface area (Å²) in [6.45, 7) is 1.47. The second kappa shape index (κ2) is 23.4. The minimum absolute atomic E-state index is 0.0656. The molecule has 0 aromatic heterocycles. The molecule has 2 aromatic rings. The van der Waals surface area contributed by atoms with Gasteiger partial charge in [-0.3, -0.25) is 19.2 Å². The third kappa shape index (κ3) is 14.7. The fourth-order valence-corrected chi connectivity index (χ4v) is 8.37. The van der Waals surface area contributed by atoms with Gasteiger partial charge in [-0.05, 0) is 104 Å². The smallest absolute Gasteiger partial charge is 0.244 e. The molecule has 10 nitrogen and oxygen atoms in total. The van der Waals surface area contributed by atoms with E-state index in [1.54, 1.807) is 53.4 Å². The van der Waals surface area contributed by atoms with Crippen LogP contribution in [0.25, 0.3) is 0 Å². The average molecular weight is 812 g/mol. The molecule has 2 unspecified atom stereocenters. The molecule has 4 fully saturated rings. The number of halogens is 3. The van der Waals surface area contributed by atoms with E-state index in [1.165, 1.54) is 51.4 Å². The van der Waals surface area contributed by atoms with Crippen LogP contribution in [-0.4, -0.2) is 53.0 Å². The summed E-state index contributed by atoms with van der Waals surface area (Å²) in [5, 5.41) is 28.1. The van der Waals surface area contributed by atoms with E-state index < -0.39 is 18.1 Å². The van der Waals surface area contributed by atoms with Gasteiger partial charge in [-0.25, -0.2) is 0 Å². The predicted molar refractivity (Wildman–Crippen MR) is 215 cm³/mol. The van der Waals surface area contributed by atoms with Crippen molar-refractivity contribution in [2.75, 3.05) is 13.1 Å². The summed E-state index contributed by atoms with van der Waals surface area (Å²) in [4.78, 5) is 49.4. The summed E-state index contributed by atoms with van der Waals surface area (Å²) in [7, 11) is 0. The van der Waals surface area contributed by atoms with Crippen molar-refractivity contribution in [1.82, 2.24) is 20.9 Å². The number of carbonyl (C=O) groups excluding carboxylic acids is 4. The first-order valence-electron chi connectivity index (χ1n) is 19.7. The molecule has 2 heterocycles. The standard InChI is InChI=1S/C21H26ClN3O2.C13H14ClN3O.C8H13ClO/c22-17-8-3-7-16(13-17)18(14-23)24-21(27)19-9-4-12-25(19)20(26)11-10-15-5-1-2-6-15;14-10-4-1-3-9(7-10)12(8-15)17-13(18)11-5-2-6-16-11;9-8(10)6-5-7-3-1-2-4-7/h3,7-8,13,15,18-19H,1-2,4-6,9-12H2,(H,24,27);1,3-4,7,11-12,16H,2,5-6H2,(H,17,18);7H,1-6H2/t18?,19-;11-,12?;/m00./s1. The van der Waals surface area contributed by atoms with Gasteiger partial charge in [0.1, 0.15) is 18.1 Å². The fraction of sp³-hybridized carbons (Fsp3) is 0.571. The molecular weight excluding hydrogens is 759 g/mol. The Kier molecular flexibility index (Phi) is 18.7. The number of likely N-dealkylation sites (tertiary alicyclic amines) is 1. The van der Waals surface area contributed by atoms with Gasteiger partial charge in [0.05, 0.1) is 18.2 Å². The van der Waals surface area contributed by atoms with E-state index in [9.17, 15) is 24.4 Å². The first-order valence-corrected chi connectivity index (χ1v) is 20.8. The molecule has 2 saturated heterocycles. The molecular formula is C42H53Cl3N6O4. The number of amides is 3. The lowest BCUT2D eigenvalue weighted by Gasteiger charge is -2.25. The topological polar surface area (TPSA) is 155 Å². The molecule has 4 aliphatic rings. The molecule has 2 aliphatic carbocycles. The van der Waals surface area contributed by atoms with Crippen molar-refractivity contribution in [1.29, 1.82) is 10.5 Å². The van der Waals surface area contributed by atoms with E-state index in [1.807, 2.05) is 0 Å². The summed E-state index contributed by atoms with van der Waals surface area (Å²) < 4.78 is 0. The Labute approximate surface area is 340 Å². The Hall–Kier alpha value is -3.67. The largest absolute Gasteiger partial charge is 0.335 e. The third-order valence-electron chi connectivity index (χ3n) is 10.9. The molecule has 55 heavy (non-hydrogen) atoms. The van der Waals surface area contributed by atoms with Gasteiger partial charge < -0.3 is 20.9 Å². The minimum Gasteiger partial charge on any atom is -0.335 e. The maximum absolute atomic E-state index is 12.8. The predicted octanol–water partition coefficient (Wildman–Crippen LogP) is 8.48. The number of nitrogens with zero attached hydrogens (tertiary/aromatic N) is 3. The molecule has 0 spiro atoms. The SMILES string of the molecule is N#CC(NC(=O)[C@@H]1CCCN1)c1cccc(Cl)c1.N#CC(NC(=O)[C@@H]1CCCN1C(=O)CCC1CCCC1)c1cccc(Cl)c1.O=C(Cl)CCC1CCCC1. The van der Waals surface area contributed by atoms with Crippen LogP contribution in [-0.2, 0) is 19.2 Å². The highest BCUT2D eigenvalue weighted by Crippen LogP contribution is 2.30. The van der Waals surface area contributed by atoms with Crippen LogP contribution in [0.4, 0.5) is 0 Å². The molecule has 0 bridgehead atoms. The van der Waals surface area contributed by atoms with Crippen LogP contribution in [0.2, 0.25) is 10.0 Å². The van der Waals surface area contributed by atoms with Gasteiger partial charge in [0.25, 0.3) is 0 Å². The highest BCUT2D eigenvalue weighted by Gasteiger charge is 2.35. The van der Waals surface area contributed by atoms with Crippen molar-refractivity contribution in [3.8, 4) is 12.1 Å². The Morgan fingerprint density at radius 1 is 0.727 bits per heavy atom. The van der Waals surface area contributed by atoms with Crippen LogP contribution in [0, 0.1) is 34.5 Å². The van der Waals surface area contributed by atoms with Gasteiger partial charge in [0, 0.05) is 29.4 Å². The summed E-state index contributed by atoms with van der Waals surface area (Å²) in [6.07, 6.45) is 16.6. The van der Waals surface area contributed by atoms with Crippen molar-refractivity contribution in [2.45, 2.75) is 127 Å². The number of hydrogen-bond acceptors (Lipinski definition) is 7. The second-order valence-corrected chi connectivity index (χ2v) is 16.2. The van der Waals surface area contributed by atoms with E-state index in [2.05, 4.69) is 28.1 Å². The van der Waals surface area contributed by atoms with E-state index in [-0.39, 0.29) is 29.0 Å². The first kappa shape index (κ1) is 44.0. The molecule has 2 aromatic carbocycles. The number of nitrogens with one attached hydrogen (secondary N) is 3. The zero-order valence-electron chi connectivity index (χ0n) is 31.4. The van der Waals surface area contributed by atoms with Crippen LogP contribution < -0.4 is 16.0 Å². The van der Waals surface area contributed by atoms with E-state index >= 15 is 0 Å². The van der Waals surface area contributed by atoms with Gasteiger partial charge in [-0.1, -0.05) is 98.8 Å². The zero-order valence-corrected chi connectivity index (χ0v) is 33.7. The van der Waals surface area contributed by atoms with Gasteiger partial charge in [-0.15, -0.1) is 0 Å². The highest BCUT2D eigenvalue weighted by molar-refractivity contribution is 6.63. The van der Waals surface area contributed by atoms with E-state index in [4.69, 9.17) is 40.1 Å². The lowest BCUT2D eigenvalue weighted by molar-refractivity contribution is -0.138. The lowest BCUT2D eigenvalue weighted by Crippen LogP contribution is -2.46. The van der Waals surface area contributed by atoms with Crippen LogP contribution >= 0.6 is 34.8 Å². The van der Waals surface area contributed by atoms with E-state index in [0.29, 0.717) is 52.9 Å². The molecule has 13 heteroatoms. The highest BCUT2D eigenvalue weighted by atomic mass is 35.5. The van der Waals surface area contributed by atoms with Crippen molar-refractivity contribution < 1.29 is 19.2 Å². The Morgan fingerprint density at radius 3 is 1.73 bits per heavy atom. The Bertz CT molecular complexity index is 1660. The average Bonchev–Trinajstić information content (AvgIpc) is 4.03. The number of rotatable bonds is 12. The fourth-order valence-electron chi connectivity index (χ4n) is 7.87. The van der Waals surface area contributed by atoms with Gasteiger partial charge in [0.2, 0.25) is 23.0 Å². The molecule has 2 saturated carbocycles. The normalized spacial score (nSPS) is 20.5. The Morgan fingerprint density at radius 2 is 1.25 bits per heavy atom. The van der Waals surface area contributed by atoms with Crippen LogP contribution in [0.15, 0.2) is 48.5 Å². The van der Waals surface area contributed by atoms with Crippen LogP contribution in [0.5, 0.6) is 0 Å². The maximum Gasteiger partial charge on any atom is 0.244 e. The third-order valence-corrected chi connectivity index (χ3v) is 11.6. The number of carbonyl (C=O) groups is 4. The lowest BCUT2D eigenvalue weighted by atomic mass is 10.0. The number of hydrogen-bond donors (Lipinski definition) is 3. The summed E-state index contributed by atoms with van der Waals surface area (Å²) in [5.41, 5.74) is 1.35. The van der Waals surface area contributed by atoms with Gasteiger partial charge in [0.15, 0.2) is 0 Å². The van der Waals surface area contributed by atoms with Crippen molar-refractivity contribution in [3.05, 3.63) is 69.7 Å². The van der Waals surface area contributed by atoms with Crippen molar-refractivity contribution in [3.63, 3.8) is 0 Å². The molecule has 6 rings (SSSR count). The molecule has 0 radical (unpaired) electrons. The van der Waals surface area contributed by atoms with Gasteiger partial charge in [-0.2, -0.15) is 10.5 Å². The van der Waals surface area contributed by atoms with Crippen molar-refractivity contribution in [2.24, 2.45) is 11.8 Å². The quantitative estimate of drug-likeness (QED) is 0.182. The molecule has 3 amide bonds. The minimum atomic E-state index is -0.771. The van der Waals surface area contributed by atoms with Crippen LogP contribution in [0.3, 0.4) is 0 Å². The Balaban J connectivity index is 0.000000205. The molecule has 2 aliphatic heterocycles. The summed E-state index contributed by atoms with van der Waals surface area (Å²) >= 11 is 17.1. The van der Waals surface area contributed by atoms with E-state index in [0.717, 1.165) is 44.6 Å². The zero-order chi connectivity index (χ0) is 39.6. The van der Waals surface area contributed by atoms with Crippen LogP contribution in [0.1, 0.15) is 126 Å². The summed E-state index contributed by atoms with van der Waals surface area (Å²) in [5.74, 6) is 1.14. The second-order valence-electron chi connectivity index (χ2n) is 14.9. The number of nitriles is 2. The monoisotopic (exact) mass is 810 g/mol. The number of benzene rings is 2. The maximum atomic E-state index is 12.8. The molecule has 4 atom stereocenters. The van der Waals surface area contributed by atoms with Gasteiger partial charge >= 0.3 is 0 Å². The summed E-state index contributed by atoms with van der Waals surface area (Å²) in [6, 6.07) is 16.0.